The van der Waals surface area contributed by atoms with Gasteiger partial charge in [0.15, 0.2) is 6.10 Å². The van der Waals surface area contributed by atoms with E-state index in [1.54, 1.807) is 51.1 Å². The van der Waals surface area contributed by atoms with Crippen molar-refractivity contribution >= 4 is 29.5 Å². The fourth-order valence-corrected chi connectivity index (χ4v) is 6.26. The SMILES string of the molecule is Cc1c(O)cccc1C(=O)NC(Cc1ccccc1)C(O)C(=O)N1CSC(C)(C)C1C(=O)NCc1cccc(OC(F)(F)F)c1. The van der Waals surface area contributed by atoms with Gasteiger partial charge < -0.3 is 30.5 Å². The molecule has 0 saturated carbocycles. The van der Waals surface area contributed by atoms with Gasteiger partial charge in [-0.1, -0.05) is 48.5 Å². The number of phenolic OH excluding ortho intramolecular Hbond substituents is 1. The number of amides is 3. The number of nitrogens with zero attached hydrogens (tertiary/aromatic N) is 1. The topological polar surface area (TPSA) is 128 Å². The van der Waals surface area contributed by atoms with Crippen LogP contribution in [-0.2, 0) is 22.6 Å². The lowest BCUT2D eigenvalue weighted by Gasteiger charge is -2.33. The van der Waals surface area contributed by atoms with Crippen LogP contribution in [0.3, 0.4) is 0 Å². The summed E-state index contributed by atoms with van der Waals surface area (Å²) in [6, 6.07) is 16.5. The summed E-state index contributed by atoms with van der Waals surface area (Å²) >= 11 is 1.32. The van der Waals surface area contributed by atoms with Crippen molar-refractivity contribution in [2.45, 2.75) is 63.0 Å². The van der Waals surface area contributed by atoms with Gasteiger partial charge in [0, 0.05) is 22.4 Å². The van der Waals surface area contributed by atoms with Crippen molar-refractivity contribution in [3.63, 3.8) is 0 Å². The van der Waals surface area contributed by atoms with E-state index in [-0.39, 0.29) is 30.2 Å². The van der Waals surface area contributed by atoms with E-state index in [0.717, 1.165) is 17.7 Å². The number of aromatic hydroxyl groups is 1. The molecule has 4 N–H and O–H groups in total. The summed E-state index contributed by atoms with van der Waals surface area (Å²) in [6.45, 7) is 4.98. The van der Waals surface area contributed by atoms with Gasteiger partial charge in [-0.2, -0.15) is 0 Å². The van der Waals surface area contributed by atoms with E-state index < -0.39 is 52.8 Å². The number of hydrogen-bond donors (Lipinski definition) is 4. The number of halogens is 3. The zero-order chi connectivity index (χ0) is 32.9. The van der Waals surface area contributed by atoms with E-state index in [9.17, 15) is 37.8 Å². The molecule has 1 fully saturated rings. The van der Waals surface area contributed by atoms with Crippen molar-refractivity contribution in [2.75, 3.05) is 5.88 Å². The number of aliphatic hydroxyl groups is 1. The maximum absolute atomic E-state index is 13.8. The molecule has 3 unspecified atom stereocenters. The van der Waals surface area contributed by atoms with E-state index >= 15 is 0 Å². The Balaban J connectivity index is 1.53. The van der Waals surface area contributed by atoms with Crippen LogP contribution in [0.2, 0.25) is 0 Å². The fourth-order valence-electron chi connectivity index (χ4n) is 5.12. The molecule has 1 aliphatic heterocycles. The highest BCUT2D eigenvalue weighted by molar-refractivity contribution is 8.00. The Kier molecular flexibility index (Phi) is 10.3. The van der Waals surface area contributed by atoms with E-state index in [1.807, 2.05) is 0 Å². The Morgan fingerprint density at radius 1 is 1.04 bits per heavy atom. The maximum Gasteiger partial charge on any atom is 0.573 e. The van der Waals surface area contributed by atoms with Crippen molar-refractivity contribution in [3.05, 3.63) is 95.1 Å². The first-order chi connectivity index (χ1) is 21.2. The minimum Gasteiger partial charge on any atom is -0.508 e. The Morgan fingerprint density at radius 3 is 2.40 bits per heavy atom. The molecule has 3 amide bonds. The molecule has 0 aliphatic carbocycles. The van der Waals surface area contributed by atoms with Gasteiger partial charge in [0.1, 0.15) is 17.5 Å². The largest absolute Gasteiger partial charge is 0.573 e. The van der Waals surface area contributed by atoms with Crippen LogP contribution in [0.1, 0.15) is 40.9 Å². The average molecular weight is 646 g/mol. The van der Waals surface area contributed by atoms with Crippen LogP contribution in [0.15, 0.2) is 72.8 Å². The number of benzene rings is 3. The zero-order valence-electron chi connectivity index (χ0n) is 24.8. The van der Waals surface area contributed by atoms with Gasteiger partial charge in [-0.25, -0.2) is 0 Å². The molecule has 9 nitrogen and oxygen atoms in total. The summed E-state index contributed by atoms with van der Waals surface area (Å²) in [6.07, 6.45) is -6.52. The smallest absolute Gasteiger partial charge is 0.508 e. The first kappa shape index (κ1) is 33.7. The number of phenols is 1. The van der Waals surface area contributed by atoms with Crippen LogP contribution in [0.4, 0.5) is 13.2 Å². The molecule has 0 spiro atoms. The van der Waals surface area contributed by atoms with Crippen LogP contribution in [-0.4, -0.2) is 68.0 Å². The number of carbonyl (C=O) groups excluding carboxylic acids is 3. The number of hydrogen-bond acceptors (Lipinski definition) is 7. The highest BCUT2D eigenvalue weighted by Crippen LogP contribution is 2.40. The molecule has 0 aromatic heterocycles. The standard InChI is InChI=1S/C32H34F3N3O6S/c1-19-23(13-8-14-25(19)39)28(41)37-24(16-20-9-5-4-6-10-20)26(40)30(43)38-18-45-31(2,3)27(38)29(42)36-17-21-11-7-12-22(15-21)44-32(33,34)35/h4-15,24,26-27,39-40H,16-18H2,1-3H3,(H,36,42)(H,37,41). The summed E-state index contributed by atoms with van der Waals surface area (Å²) < 4.78 is 41.1. The summed E-state index contributed by atoms with van der Waals surface area (Å²) in [4.78, 5) is 41.8. The number of thioether (sulfide) groups is 1. The Bertz CT molecular complexity index is 1540. The van der Waals surface area contributed by atoms with Crippen LogP contribution in [0, 0.1) is 6.92 Å². The number of rotatable bonds is 10. The molecule has 3 aromatic rings. The highest BCUT2D eigenvalue weighted by atomic mass is 32.2. The van der Waals surface area contributed by atoms with Crippen LogP contribution >= 0.6 is 11.8 Å². The minimum atomic E-state index is -4.87. The number of nitrogens with one attached hydrogen (secondary N) is 2. The second-order valence-corrected chi connectivity index (χ2v) is 12.8. The lowest BCUT2D eigenvalue weighted by molar-refractivity contribution is -0.274. The van der Waals surface area contributed by atoms with Crippen LogP contribution in [0.5, 0.6) is 11.5 Å². The molecule has 3 atom stereocenters. The third kappa shape index (κ3) is 8.49. The van der Waals surface area contributed by atoms with Crippen LogP contribution < -0.4 is 15.4 Å². The van der Waals surface area contributed by atoms with Crippen molar-refractivity contribution in [1.82, 2.24) is 15.5 Å². The molecule has 1 saturated heterocycles. The third-order valence-corrected chi connectivity index (χ3v) is 8.85. The van der Waals surface area contributed by atoms with Gasteiger partial charge in [0.2, 0.25) is 5.91 Å². The summed E-state index contributed by atoms with van der Waals surface area (Å²) in [5.41, 5.74) is 1.59. The summed E-state index contributed by atoms with van der Waals surface area (Å²) in [5.74, 6) is -2.37. The average Bonchev–Trinajstić information content (AvgIpc) is 3.30. The molecular weight excluding hydrogens is 611 g/mol. The van der Waals surface area contributed by atoms with Crippen molar-refractivity contribution in [1.29, 1.82) is 0 Å². The minimum absolute atomic E-state index is 0.0769. The molecule has 3 aromatic carbocycles. The quantitative estimate of drug-likeness (QED) is 0.259. The van der Waals surface area contributed by atoms with Gasteiger partial charge >= 0.3 is 6.36 Å². The Morgan fingerprint density at radius 2 is 1.71 bits per heavy atom. The predicted octanol–water partition coefficient (Wildman–Crippen LogP) is 4.30. The lowest BCUT2D eigenvalue weighted by Crippen LogP contribution is -2.58. The molecule has 1 aliphatic rings. The molecule has 13 heteroatoms. The molecule has 4 rings (SSSR count). The van der Waals surface area contributed by atoms with Crippen molar-refractivity contribution in [2.24, 2.45) is 0 Å². The van der Waals surface area contributed by atoms with Crippen LogP contribution in [0.25, 0.3) is 0 Å². The van der Waals surface area contributed by atoms with E-state index in [2.05, 4.69) is 15.4 Å². The van der Waals surface area contributed by atoms with Gasteiger partial charge in [0.25, 0.3) is 11.8 Å². The fraction of sp³-hybridized carbons (Fsp3) is 0.344. The van der Waals surface area contributed by atoms with Gasteiger partial charge in [-0.15, -0.1) is 24.9 Å². The van der Waals surface area contributed by atoms with E-state index in [1.165, 1.54) is 47.0 Å². The molecule has 0 radical (unpaired) electrons. The molecule has 1 heterocycles. The maximum atomic E-state index is 13.8. The number of ether oxygens (including phenoxy) is 1. The first-order valence-corrected chi connectivity index (χ1v) is 15.0. The molecule has 240 valence electrons. The third-order valence-electron chi connectivity index (χ3n) is 7.47. The zero-order valence-corrected chi connectivity index (χ0v) is 25.6. The second-order valence-electron chi connectivity index (χ2n) is 11.2. The van der Waals surface area contributed by atoms with Crippen molar-refractivity contribution < 1.29 is 42.5 Å². The molecule has 45 heavy (non-hydrogen) atoms. The van der Waals surface area contributed by atoms with Gasteiger partial charge in [-0.3, -0.25) is 14.4 Å². The number of carbonyl (C=O) groups is 3. The molecule has 0 bridgehead atoms. The Labute approximate surface area is 262 Å². The second kappa shape index (κ2) is 13.8. The summed E-state index contributed by atoms with van der Waals surface area (Å²) in [5, 5.41) is 26.9. The normalized spacial score (nSPS) is 17.3. The monoisotopic (exact) mass is 645 g/mol. The highest BCUT2D eigenvalue weighted by Gasteiger charge is 2.49. The summed E-state index contributed by atoms with van der Waals surface area (Å²) in [7, 11) is 0. The molecular formula is C32H34F3N3O6S. The van der Waals surface area contributed by atoms with E-state index in [4.69, 9.17) is 0 Å². The predicted molar refractivity (Wildman–Crippen MR) is 162 cm³/mol. The number of alkyl halides is 3. The van der Waals surface area contributed by atoms with E-state index in [0.29, 0.717) is 11.1 Å². The first-order valence-electron chi connectivity index (χ1n) is 14.0. The lowest BCUT2D eigenvalue weighted by atomic mass is 9.96. The van der Waals surface area contributed by atoms with Gasteiger partial charge in [0.05, 0.1) is 11.9 Å². The number of aliphatic hydroxyl groups excluding tert-OH is 1. The van der Waals surface area contributed by atoms with Crippen molar-refractivity contribution in [3.8, 4) is 11.5 Å². The Hall–Kier alpha value is -4.23. The van der Waals surface area contributed by atoms with Gasteiger partial charge in [-0.05, 0) is 62.6 Å².